The molecular formula is C20H26N6O3S. The molecule has 4 rings (SSSR count). The zero-order valence-electron chi connectivity index (χ0n) is 17.3. The van der Waals surface area contributed by atoms with Crippen LogP contribution in [0.5, 0.6) is 0 Å². The van der Waals surface area contributed by atoms with E-state index in [2.05, 4.69) is 20.4 Å². The largest absolute Gasteiger partial charge is 0.347 e. The molecule has 0 atom stereocenters. The Morgan fingerprint density at radius 1 is 1.07 bits per heavy atom. The van der Waals surface area contributed by atoms with E-state index in [4.69, 9.17) is 0 Å². The number of hydrogen-bond donors (Lipinski definition) is 2. The Bertz CT molecular complexity index is 1200. The molecular weight excluding hydrogens is 404 g/mol. The number of sulfonamides is 1. The molecule has 3 heterocycles. The predicted octanol–water partition coefficient (Wildman–Crippen LogP) is 1.85. The number of hydrogen-bond acceptors (Lipinski definition) is 5. The van der Waals surface area contributed by atoms with Crippen LogP contribution in [0.25, 0.3) is 5.69 Å². The Hall–Kier alpha value is -2.72. The van der Waals surface area contributed by atoms with Gasteiger partial charge < -0.3 is 0 Å². The van der Waals surface area contributed by atoms with Crippen molar-refractivity contribution in [3.05, 3.63) is 57.5 Å². The summed E-state index contributed by atoms with van der Waals surface area (Å²) in [5.74, 6) is 0.929. The van der Waals surface area contributed by atoms with Gasteiger partial charge in [0.1, 0.15) is 10.7 Å². The number of nitrogens with zero attached hydrogens (tertiary/aromatic N) is 4. The van der Waals surface area contributed by atoms with Gasteiger partial charge in [-0.3, -0.25) is 5.10 Å². The number of benzene rings is 1. The molecule has 0 spiro atoms. The number of piperidine rings is 1. The van der Waals surface area contributed by atoms with Crippen molar-refractivity contribution in [3.8, 4) is 5.69 Å². The van der Waals surface area contributed by atoms with Gasteiger partial charge in [0.15, 0.2) is 0 Å². The topological polar surface area (TPSA) is 117 Å². The van der Waals surface area contributed by atoms with E-state index in [0.717, 1.165) is 11.3 Å². The maximum Gasteiger partial charge on any atom is 0.347 e. The number of para-hydroxylation sites is 1. The average molecular weight is 431 g/mol. The molecule has 0 unspecified atom stereocenters. The van der Waals surface area contributed by atoms with Crippen LogP contribution >= 0.6 is 0 Å². The fourth-order valence-corrected chi connectivity index (χ4v) is 5.99. The van der Waals surface area contributed by atoms with Crippen LogP contribution in [0.3, 0.4) is 0 Å². The molecule has 160 valence electrons. The van der Waals surface area contributed by atoms with E-state index in [0.29, 0.717) is 49.6 Å². The van der Waals surface area contributed by atoms with Crippen LogP contribution in [0, 0.1) is 26.7 Å². The summed E-state index contributed by atoms with van der Waals surface area (Å²) in [5.41, 5.74) is 2.61. The summed E-state index contributed by atoms with van der Waals surface area (Å²) in [6, 6.07) is 7.69. The quantitative estimate of drug-likeness (QED) is 0.641. The highest BCUT2D eigenvalue weighted by Crippen LogP contribution is 2.28. The number of aromatic nitrogens is 5. The molecule has 1 aliphatic heterocycles. The number of aryl methyl sites for hydroxylation is 3. The lowest BCUT2D eigenvalue weighted by Crippen LogP contribution is -2.39. The minimum atomic E-state index is -3.57. The molecule has 0 saturated carbocycles. The van der Waals surface area contributed by atoms with Crippen LogP contribution in [-0.2, 0) is 16.4 Å². The van der Waals surface area contributed by atoms with Gasteiger partial charge in [0.05, 0.1) is 17.1 Å². The summed E-state index contributed by atoms with van der Waals surface area (Å²) >= 11 is 0. The van der Waals surface area contributed by atoms with Crippen LogP contribution in [0.15, 0.2) is 34.0 Å². The molecule has 2 aromatic heterocycles. The maximum atomic E-state index is 13.0. The molecule has 10 heteroatoms. The first-order valence-electron chi connectivity index (χ1n) is 10.0. The van der Waals surface area contributed by atoms with Crippen molar-refractivity contribution in [2.24, 2.45) is 5.92 Å². The fourth-order valence-electron chi connectivity index (χ4n) is 4.19. The molecule has 0 aliphatic carbocycles. The van der Waals surface area contributed by atoms with Gasteiger partial charge in [-0.25, -0.2) is 22.9 Å². The Morgan fingerprint density at radius 3 is 2.40 bits per heavy atom. The second-order valence-electron chi connectivity index (χ2n) is 7.88. The third kappa shape index (κ3) is 3.61. The van der Waals surface area contributed by atoms with E-state index in [1.165, 1.54) is 4.31 Å². The average Bonchev–Trinajstić information content (AvgIpc) is 3.24. The molecule has 30 heavy (non-hydrogen) atoms. The minimum absolute atomic E-state index is 0.251. The highest BCUT2D eigenvalue weighted by molar-refractivity contribution is 7.89. The van der Waals surface area contributed by atoms with E-state index in [-0.39, 0.29) is 16.5 Å². The van der Waals surface area contributed by atoms with Gasteiger partial charge in [-0.1, -0.05) is 18.2 Å². The first-order valence-corrected chi connectivity index (χ1v) is 11.5. The maximum absolute atomic E-state index is 13.0. The van der Waals surface area contributed by atoms with Gasteiger partial charge in [0.2, 0.25) is 10.0 Å². The second kappa shape index (κ2) is 7.84. The molecule has 1 saturated heterocycles. The first-order chi connectivity index (χ1) is 14.3. The van der Waals surface area contributed by atoms with Gasteiger partial charge in [-0.15, -0.1) is 0 Å². The van der Waals surface area contributed by atoms with Crippen LogP contribution in [0.1, 0.15) is 35.6 Å². The fraction of sp³-hybridized carbons (Fsp3) is 0.450. The molecule has 1 fully saturated rings. The number of H-pyrrole nitrogens is 2. The van der Waals surface area contributed by atoms with Crippen LogP contribution in [0.2, 0.25) is 0 Å². The Labute approximate surface area is 175 Å². The van der Waals surface area contributed by atoms with Gasteiger partial charge >= 0.3 is 5.69 Å². The summed E-state index contributed by atoms with van der Waals surface area (Å²) in [5, 5.41) is 13.6. The smallest absolute Gasteiger partial charge is 0.281 e. The van der Waals surface area contributed by atoms with Crippen molar-refractivity contribution in [2.45, 2.75) is 44.9 Å². The molecule has 0 bridgehead atoms. The number of nitrogens with one attached hydrogen (secondary N) is 2. The minimum Gasteiger partial charge on any atom is -0.281 e. The third-order valence-electron chi connectivity index (χ3n) is 5.80. The van der Waals surface area contributed by atoms with Crippen molar-refractivity contribution in [1.29, 1.82) is 0 Å². The van der Waals surface area contributed by atoms with Crippen LogP contribution < -0.4 is 5.69 Å². The normalized spacial score (nSPS) is 16.2. The summed E-state index contributed by atoms with van der Waals surface area (Å²) in [6.07, 6.45) is 2.04. The molecule has 1 aliphatic rings. The third-order valence-corrected chi connectivity index (χ3v) is 7.96. The molecule has 9 nitrogen and oxygen atoms in total. The number of aromatic amines is 2. The van der Waals surface area contributed by atoms with E-state index in [9.17, 15) is 13.2 Å². The van der Waals surface area contributed by atoms with Gasteiger partial charge in [-0.2, -0.15) is 14.5 Å². The zero-order chi connectivity index (χ0) is 21.5. The number of rotatable bonds is 5. The molecule has 1 aromatic carbocycles. The lowest BCUT2D eigenvalue weighted by Gasteiger charge is -2.31. The second-order valence-corrected chi connectivity index (χ2v) is 9.76. The zero-order valence-corrected chi connectivity index (χ0v) is 18.2. The van der Waals surface area contributed by atoms with Gasteiger partial charge in [-0.05, 0) is 51.2 Å². The van der Waals surface area contributed by atoms with Crippen molar-refractivity contribution in [1.82, 2.24) is 29.3 Å². The highest BCUT2D eigenvalue weighted by Gasteiger charge is 2.33. The SMILES string of the molecule is Cc1ccccc1-n1c(CC2CCN(S(=O)(=O)c3c(C)n[nH]c3C)CC2)n[nH]c1=O. The van der Waals surface area contributed by atoms with Crippen molar-refractivity contribution < 1.29 is 8.42 Å². The summed E-state index contributed by atoms with van der Waals surface area (Å²) < 4.78 is 29.2. The lowest BCUT2D eigenvalue weighted by atomic mass is 9.94. The van der Waals surface area contributed by atoms with Gasteiger partial charge in [0, 0.05) is 19.5 Å². The summed E-state index contributed by atoms with van der Waals surface area (Å²) in [6.45, 7) is 6.27. The highest BCUT2D eigenvalue weighted by atomic mass is 32.2. The molecule has 2 N–H and O–H groups in total. The van der Waals surface area contributed by atoms with Crippen molar-refractivity contribution >= 4 is 10.0 Å². The first kappa shape index (κ1) is 20.5. The monoisotopic (exact) mass is 430 g/mol. The van der Waals surface area contributed by atoms with E-state index >= 15 is 0 Å². The van der Waals surface area contributed by atoms with Crippen LogP contribution in [0.4, 0.5) is 0 Å². The Balaban J connectivity index is 1.49. The van der Waals surface area contributed by atoms with E-state index in [1.54, 1.807) is 18.4 Å². The summed E-state index contributed by atoms with van der Waals surface area (Å²) in [7, 11) is -3.57. The standard InChI is InChI=1S/C20H26N6O3S/c1-13-6-4-5-7-17(13)26-18(23-24-20(26)27)12-16-8-10-25(11-9-16)30(28,29)19-14(2)21-22-15(19)3/h4-7,16H,8-12H2,1-3H3,(H,21,22)(H,24,27). The molecule has 3 aromatic rings. The van der Waals surface area contributed by atoms with Gasteiger partial charge in [0.25, 0.3) is 0 Å². The molecule has 0 radical (unpaired) electrons. The predicted molar refractivity (Wildman–Crippen MR) is 112 cm³/mol. The molecule has 0 amide bonds. The van der Waals surface area contributed by atoms with Crippen molar-refractivity contribution in [2.75, 3.05) is 13.1 Å². The van der Waals surface area contributed by atoms with Crippen LogP contribution in [-0.4, -0.2) is 50.8 Å². The van der Waals surface area contributed by atoms with E-state index in [1.807, 2.05) is 31.2 Å². The Kier molecular flexibility index (Phi) is 5.37. The Morgan fingerprint density at radius 2 is 1.77 bits per heavy atom. The lowest BCUT2D eigenvalue weighted by molar-refractivity contribution is 0.269. The van der Waals surface area contributed by atoms with E-state index < -0.39 is 10.0 Å². The summed E-state index contributed by atoms with van der Waals surface area (Å²) in [4.78, 5) is 12.6. The van der Waals surface area contributed by atoms with Crippen molar-refractivity contribution in [3.63, 3.8) is 0 Å².